The Morgan fingerprint density at radius 1 is 1.69 bits per heavy atom. The molecule has 1 rings (SSSR count). The minimum absolute atomic E-state index is 0.557. The van der Waals surface area contributed by atoms with Gasteiger partial charge < -0.3 is 5.11 Å². The van der Waals surface area contributed by atoms with Crippen LogP contribution in [0, 0.1) is 16.1 Å². The molecule has 0 unspecified atom stereocenters. The molecule has 0 saturated carbocycles. The maximum Gasteiger partial charge on any atom is 0.340 e. The van der Waals surface area contributed by atoms with Gasteiger partial charge in [-0.15, -0.1) is 0 Å². The molecule has 1 N–H and O–H groups in total. The molecule has 0 aliphatic rings. The largest absolute Gasteiger partial charge is 0.478 e. The zero-order valence-corrected chi connectivity index (χ0v) is 6.10. The van der Waals surface area contributed by atoms with Gasteiger partial charge in [0.05, 0.1) is 4.92 Å². The van der Waals surface area contributed by atoms with Crippen molar-refractivity contribution in [2.75, 3.05) is 0 Å². The Kier molecular flexibility index (Phi) is 2.18. The highest BCUT2D eigenvalue weighted by atomic mass is 19.1. The van der Waals surface area contributed by atoms with Gasteiger partial charge in [0.2, 0.25) is 5.95 Å². The normalized spacial score (nSPS) is 9.62. The third-order valence-corrected chi connectivity index (χ3v) is 1.27. The van der Waals surface area contributed by atoms with Crippen LogP contribution in [-0.2, 0) is 0 Å². The van der Waals surface area contributed by atoms with Crippen molar-refractivity contribution in [3.05, 3.63) is 33.9 Å². The molecule has 1 aromatic rings. The maximum atomic E-state index is 12.6. The zero-order chi connectivity index (χ0) is 10.0. The number of pyridine rings is 1. The standard InChI is InChI=1S/C6H3FN2O4/c7-5-4(6(10)11)1-3(2-8-5)9(12)13/h1-2H,(H,10,11). The second-order valence-electron chi connectivity index (χ2n) is 2.09. The average Bonchev–Trinajstić information content (AvgIpc) is 2.04. The van der Waals surface area contributed by atoms with Crippen molar-refractivity contribution in [2.45, 2.75) is 0 Å². The maximum absolute atomic E-state index is 12.6. The van der Waals surface area contributed by atoms with Gasteiger partial charge in [-0.2, -0.15) is 4.39 Å². The van der Waals surface area contributed by atoms with Crippen molar-refractivity contribution < 1.29 is 19.2 Å². The van der Waals surface area contributed by atoms with Crippen LogP contribution in [0.2, 0.25) is 0 Å². The van der Waals surface area contributed by atoms with E-state index in [0.717, 1.165) is 0 Å². The Labute approximate surface area is 70.8 Å². The van der Waals surface area contributed by atoms with Gasteiger partial charge in [0.15, 0.2) is 0 Å². The van der Waals surface area contributed by atoms with Gasteiger partial charge in [-0.1, -0.05) is 0 Å². The summed E-state index contributed by atoms with van der Waals surface area (Å²) in [6.45, 7) is 0. The van der Waals surface area contributed by atoms with Gasteiger partial charge >= 0.3 is 5.97 Å². The number of carboxylic acids is 1. The summed E-state index contributed by atoms with van der Waals surface area (Å²) in [5.41, 5.74) is -1.37. The lowest BCUT2D eigenvalue weighted by Gasteiger charge is -1.95. The molecule has 68 valence electrons. The Morgan fingerprint density at radius 3 is 2.77 bits per heavy atom. The van der Waals surface area contributed by atoms with Crippen LogP contribution < -0.4 is 0 Å². The Balaban J connectivity index is 3.27. The number of hydrogen-bond donors (Lipinski definition) is 1. The predicted octanol–water partition coefficient (Wildman–Crippen LogP) is 0.827. The van der Waals surface area contributed by atoms with E-state index in [1.807, 2.05) is 0 Å². The van der Waals surface area contributed by atoms with E-state index in [2.05, 4.69) is 4.98 Å². The van der Waals surface area contributed by atoms with Crippen molar-refractivity contribution in [1.82, 2.24) is 4.98 Å². The SMILES string of the molecule is O=C(O)c1cc([N+](=O)[O-])cnc1F. The topological polar surface area (TPSA) is 93.3 Å². The van der Waals surface area contributed by atoms with Crippen LogP contribution in [-0.4, -0.2) is 21.0 Å². The highest BCUT2D eigenvalue weighted by Gasteiger charge is 2.16. The van der Waals surface area contributed by atoms with Crippen molar-refractivity contribution in [3.8, 4) is 0 Å². The van der Waals surface area contributed by atoms with Crippen molar-refractivity contribution in [2.24, 2.45) is 0 Å². The van der Waals surface area contributed by atoms with Gasteiger partial charge in [0.25, 0.3) is 5.69 Å². The van der Waals surface area contributed by atoms with Crippen molar-refractivity contribution in [3.63, 3.8) is 0 Å². The lowest BCUT2D eigenvalue weighted by Crippen LogP contribution is -2.03. The third-order valence-electron chi connectivity index (χ3n) is 1.27. The summed E-state index contributed by atoms with van der Waals surface area (Å²) < 4.78 is 12.6. The van der Waals surface area contributed by atoms with E-state index in [-0.39, 0.29) is 0 Å². The van der Waals surface area contributed by atoms with E-state index in [9.17, 15) is 19.3 Å². The monoisotopic (exact) mass is 186 g/mol. The molecule has 0 spiro atoms. The predicted molar refractivity (Wildman–Crippen MR) is 37.8 cm³/mol. The number of carboxylic acid groups (broad SMARTS) is 1. The molecule has 0 bridgehead atoms. The second kappa shape index (κ2) is 3.13. The molecular formula is C6H3FN2O4. The summed E-state index contributed by atoms with van der Waals surface area (Å²) in [5.74, 6) is -2.83. The van der Waals surface area contributed by atoms with E-state index in [4.69, 9.17) is 5.11 Å². The van der Waals surface area contributed by atoms with Crippen LogP contribution in [0.1, 0.15) is 10.4 Å². The van der Waals surface area contributed by atoms with E-state index >= 15 is 0 Å². The molecule has 6 nitrogen and oxygen atoms in total. The number of hydrogen-bond acceptors (Lipinski definition) is 4. The summed E-state index contributed by atoms with van der Waals surface area (Å²) in [4.78, 5) is 22.5. The molecule has 0 amide bonds. The Hall–Kier alpha value is -2.05. The number of rotatable bonds is 2. The van der Waals surface area contributed by atoms with Crippen molar-refractivity contribution >= 4 is 11.7 Å². The Bertz CT molecular complexity index is 379. The number of halogens is 1. The Morgan fingerprint density at radius 2 is 2.31 bits per heavy atom. The molecule has 0 aliphatic heterocycles. The molecule has 0 saturated heterocycles. The first-order chi connectivity index (χ1) is 6.02. The van der Waals surface area contributed by atoms with Crippen LogP contribution in [0.5, 0.6) is 0 Å². The molecule has 13 heavy (non-hydrogen) atoms. The summed E-state index contributed by atoms with van der Waals surface area (Å²) in [5, 5.41) is 18.5. The number of nitro groups is 1. The first-order valence-corrected chi connectivity index (χ1v) is 3.05. The number of nitrogens with zero attached hydrogens (tertiary/aromatic N) is 2. The molecule has 1 heterocycles. The van der Waals surface area contributed by atoms with Crippen LogP contribution in [0.15, 0.2) is 12.3 Å². The molecule has 7 heteroatoms. The van der Waals surface area contributed by atoms with Crippen LogP contribution >= 0.6 is 0 Å². The summed E-state index contributed by atoms with van der Waals surface area (Å²) in [6.07, 6.45) is 0.655. The molecule has 0 radical (unpaired) electrons. The molecule has 0 aromatic carbocycles. The van der Waals surface area contributed by atoms with Gasteiger partial charge in [0, 0.05) is 6.07 Å². The fraction of sp³-hybridized carbons (Fsp3) is 0. The second-order valence-corrected chi connectivity index (χ2v) is 2.09. The molecular weight excluding hydrogens is 183 g/mol. The minimum atomic E-state index is -1.59. The van der Waals surface area contributed by atoms with E-state index in [0.29, 0.717) is 12.3 Å². The quantitative estimate of drug-likeness (QED) is 0.419. The smallest absolute Gasteiger partial charge is 0.340 e. The van der Waals surface area contributed by atoms with E-state index in [1.54, 1.807) is 0 Å². The molecule has 0 fully saturated rings. The number of carbonyl (C=O) groups is 1. The number of aromatic nitrogens is 1. The third kappa shape index (κ3) is 1.75. The molecule has 0 aliphatic carbocycles. The highest BCUT2D eigenvalue weighted by molar-refractivity contribution is 5.88. The molecule has 0 atom stereocenters. The van der Waals surface area contributed by atoms with Gasteiger partial charge in [-0.25, -0.2) is 9.78 Å². The minimum Gasteiger partial charge on any atom is -0.478 e. The average molecular weight is 186 g/mol. The van der Waals surface area contributed by atoms with Crippen molar-refractivity contribution in [1.29, 1.82) is 0 Å². The summed E-state index contributed by atoms with van der Waals surface area (Å²) >= 11 is 0. The summed E-state index contributed by atoms with van der Waals surface area (Å²) in [6, 6.07) is 0.616. The zero-order valence-electron chi connectivity index (χ0n) is 6.10. The molecule has 1 aromatic heterocycles. The summed E-state index contributed by atoms with van der Waals surface area (Å²) in [7, 11) is 0. The number of aromatic carboxylic acids is 1. The van der Waals surface area contributed by atoms with E-state index < -0.39 is 28.1 Å². The van der Waals surface area contributed by atoms with Crippen LogP contribution in [0.25, 0.3) is 0 Å². The fourth-order valence-corrected chi connectivity index (χ4v) is 0.687. The van der Waals surface area contributed by atoms with E-state index in [1.165, 1.54) is 0 Å². The first kappa shape index (κ1) is 9.04. The van der Waals surface area contributed by atoms with Gasteiger partial charge in [-0.3, -0.25) is 10.1 Å². The highest BCUT2D eigenvalue weighted by Crippen LogP contribution is 2.13. The lowest BCUT2D eigenvalue weighted by atomic mass is 10.2. The van der Waals surface area contributed by atoms with Crippen LogP contribution in [0.4, 0.5) is 10.1 Å². The van der Waals surface area contributed by atoms with Crippen LogP contribution in [0.3, 0.4) is 0 Å². The van der Waals surface area contributed by atoms with Gasteiger partial charge in [0.1, 0.15) is 11.8 Å². The van der Waals surface area contributed by atoms with Gasteiger partial charge in [-0.05, 0) is 0 Å². The fourth-order valence-electron chi connectivity index (χ4n) is 0.687. The lowest BCUT2D eigenvalue weighted by molar-refractivity contribution is -0.385. The first-order valence-electron chi connectivity index (χ1n) is 3.05.